The quantitative estimate of drug-likeness (QED) is 0.778. The second kappa shape index (κ2) is 6.60. The van der Waals surface area contributed by atoms with Gasteiger partial charge in [0.25, 0.3) is 5.91 Å². The summed E-state index contributed by atoms with van der Waals surface area (Å²) in [6.45, 7) is 3.61. The maximum Gasteiger partial charge on any atom is 0.251 e. The van der Waals surface area contributed by atoms with Crippen LogP contribution in [0.15, 0.2) is 36.9 Å². The molecule has 6 heteroatoms. The lowest BCUT2D eigenvalue weighted by molar-refractivity contribution is 0.0952. The van der Waals surface area contributed by atoms with Crippen molar-refractivity contribution in [2.45, 2.75) is 13.5 Å². The number of ether oxygens (including phenoxy) is 1. The van der Waals surface area contributed by atoms with Crippen LogP contribution in [0.25, 0.3) is 0 Å². The molecule has 1 aromatic carbocycles. The molecule has 0 fully saturated rings. The largest absolute Gasteiger partial charge is 0.494 e. The maximum atomic E-state index is 12.0. The second-order valence-electron chi connectivity index (χ2n) is 4.28. The molecule has 0 aliphatic heterocycles. The first-order chi connectivity index (χ1) is 9.69. The molecular formula is C14H18N4O2. The third-order valence-corrected chi connectivity index (χ3v) is 2.72. The molecule has 0 saturated carbocycles. The highest BCUT2D eigenvalue weighted by Crippen LogP contribution is 2.18. The molecule has 1 aromatic heterocycles. The molecule has 0 bridgehead atoms. The Labute approximate surface area is 117 Å². The van der Waals surface area contributed by atoms with Gasteiger partial charge in [-0.05, 0) is 19.1 Å². The molecule has 0 spiro atoms. The van der Waals surface area contributed by atoms with E-state index in [-0.39, 0.29) is 5.91 Å². The van der Waals surface area contributed by atoms with Gasteiger partial charge in [0, 0.05) is 42.8 Å². The highest BCUT2D eigenvalue weighted by atomic mass is 16.5. The number of nitrogen functional groups attached to an aromatic ring is 1. The summed E-state index contributed by atoms with van der Waals surface area (Å²) in [6, 6.07) is 5.02. The van der Waals surface area contributed by atoms with Crippen LogP contribution in [-0.2, 0) is 6.54 Å². The minimum absolute atomic E-state index is 0.168. The van der Waals surface area contributed by atoms with Crippen molar-refractivity contribution < 1.29 is 9.53 Å². The number of nitrogens with one attached hydrogen (secondary N) is 1. The standard InChI is InChI=1S/C14H18N4O2/c1-2-20-13-8-11(7-12(15)9-13)14(19)17-4-6-18-5-3-16-10-18/h3,5,7-10H,2,4,6,15H2,1H3,(H,17,19). The van der Waals surface area contributed by atoms with Gasteiger partial charge in [0.2, 0.25) is 0 Å². The van der Waals surface area contributed by atoms with Crippen molar-refractivity contribution in [2.24, 2.45) is 0 Å². The lowest BCUT2D eigenvalue weighted by atomic mass is 10.1. The van der Waals surface area contributed by atoms with Gasteiger partial charge in [0.15, 0.2) is 0 Å². The minimum atomic E-state index is -0.168. The van der Waals surface area contributed by atoms with Crippen LogP contribution < -0.4 is 15.8 Å². The molecule has 3 N–H and O–H groups in total. The molecular weight excluding hydrogens is 256 g/mol. The van der Waals surface area contributed by atoms with E-state index >= 15 is 0 Å². The summed E-state index contributed by atoms with van der Waals surface area (Å²) < 4.78 is 7.26. The molecule has 6 nitrogen and oxygen atoms in total. The minimum Gasteiger partial charge on any atom is -0.494 e. The van der Waals surface area contributed by atoms with E-state index in [1.54, 1.807) is 30.7 Å². The Hall–Kier alpha value is -2.50. The highest BCUT2D eigenvalue weighted by Gasteiger charge is 2.08. The number of benzene rings is 1. The number of hydrogen-bond donors (Lipinski definition) is 2. The van der Waals surface area contributed by atoms with Crippen LogP contribution >= 0.6 is 0 Å². The number of amides is 1. The number of rotatable bonds is 6. The van der Waals surface area contributed by atoms with E-state index in [9.17, 15) is 4.79 Å². The Bertz CT molecular complexity index is 567. The van der Waals surface area contributed by atoms with E-state index in [4.69, 9.17) is 10.5 Å². The molecule has 1 heterocycles. The van der Waals surface area contributed by atoms with Gasteiger partial charge < -0.3 is 20.4 Å². The number of carbonyl (C=O) groups is 1. The molecule has 0 saturated heterocycles. The van der Waals surface area contributed by atoms with Gasteiger partial charge in [-0.1, -0.05) is 0 Å². The molecule has 106 valence electrons. The van der Waals surface area contributed by atoms with E-state index in [0.717, 1.165) is 0 Å². The van der Waals surface area contributed by atoms with Crippen LogP contribution in [0, 0.1) is 0 Å². The van der Waals surface area contributed by atoms with Gasteiger partial charge >= 0.3 is 0 Å². The third kappa shape index (κ3) is 3.74. The second-order valence-corrected chi connectivity index (χ2v) is 4.28. The summed E-state index contributed by atoms with van der Waals surface area (Å²) in [5.74, 6) is 0.436. The first-order valence-electron chi connectivity index (χ1n) is 6.46. The fourth-order valence-electron chi connectivity index (χ4n) is 1.82. The molecule has 0 unspecified atom stereocenters. The van der Waals surface area contributed by atoms with Crippen molar-refractivity contribution in [3.63, 3.8) is 0 Å². The Morgan fingerprint density at radius 2 is 2.30 bits per heavy atom. The maximum absolute atomic E-state index is 12.0. The van der Waals surface area contributed by atoms with Crippen molar-refractivity contribution in [3.05, 3.63) is 42.5 Å². The van der Waals surface area contributed by atoms with Crippen LogP contribution in [0.2, 0.25) is 0 Å². The number of imidazole rings is 1. The molecule has 1 amide bonds. The number of nitrogens with zero attached hydrogens (tertiary/aromatic N) is 2. The van der Waals surface area contributed by atoms with Crippen molar-refractivity contribution in [2.75, 3.05) is 18.9 Å². The molecule has 0 atom stereocenters. The molecule has 0 radical (unpaired) electrons. The summed E-state index contributed by atoms with van der Waals surface area (Å²) >= 11 is 0. The number of aromatic nitrogens is 2. The van der Waals surface area contributed by atoms with Gasteiger partial charge in [-0.2, -0.15) is 0 Å². The van der Waals surface area contributed by atoms with E-state index < -0.39 is 0 Å². The Kier molecular flexibility index (Phi) is 4.60. The SMILES string of the molecule is CCOc1cc(N)cc(C(=O)NCCn2ccnc2)c1. The lowest BCUT2D eigenvalue weighted by Crippen LogP contribution is -2.27. The molecule has 0 aliphatic carbocycles. The summed E-state index contributed by atoms with van der Waals surface area (Å²) in [6.07, 6.45) is 5.26. The van der Waals surface area contributed by atoms with E-state index in [2.05, 4.69) is 10.3 Å². The average molecular weight is 274 g/mol. The summed E-state index contributed by atoms with van der Waals surface area (Å²) in [5.41, 5.74) is 6.77. The molecule has 0 aliphatic rings. The van der Waals surface area contributed by atoms with Gasteiger partial charge in [0.1, 0.15) is 5.75 Å². The van der Waals surface area contributed by atoms with Gasteiger partial charge in [-0.15, -0.1) is 0 Å². The smallest absolute Gasteiger partial charge is 0.251 e. The summed E-state index contributed by atoms with van der Waals surface area (Å²) in [7, 11) is 0. The summed E-state index contributed by atoms with van der Waals surface area (Å²) in [5, 5.41) is 2.84. The highest BCUT2D eigenvalue weighted by molar-refractivity contribution is 5.95. The van der Waals surface area contributed by atoms with E-state index in [1.807, 2.05) is 17.7 Å². The number of nitrogens with two attached hydrogens (primary N) is 1. The lowest BCUT2D eigenvalue weighted by Gasteiger charge is -2.09. The zero-order chi connectivity index (χ0) is 14.4. The third-order valence-electron chi connectivity index (χ3n) is 2.72. The Morgan fingerprint density at radius 1 is 1.45 bits per heavy atom. The first kappa shape index (κ1) is 13.9. The van der Waals surface area contributed by atoms with E-state index in [1.165, 1.54) is 0 Å². The zero-order valence-corrected chi connectivity index (χ0v) is 11.4. The van der Waals surface area contributed by atoms with Gasteiger partial charge in [-0.25, -0.2) is 4.98 Å². The summed E-state index contributed by atoms with van der Waals surface area (Å²) in [4.78, 5) is 16.0. The Balaban J connectivity index is 1.94. The number of anilines is 1. The molecule has 2 rings (SSSR count). The van der Waals surface area contributed by atoms with Crippen LogP contribution in [0.3, 0.4) is 0 Å². The van der Waals surface area contributed by atoms with E-state index in [0.29, 0.717) is 36.7 Å². The van der Waals surface area contributed by atoms with Crippen molar-refractivity contribution >= 4 is 11.6 Å². The van der Waals surface area contributed by atoms with Crippen molar-refractivity contribution in [1.29, 1.82) is 0 Å². The fourth-order valence-corrected chi connectivity index (χ4v) is 1.82. The van der Waals surface area contributed by atoms with Crippen LogP contribution in [-0.4, -0.2) is 28.6 Å². The predicted octanol–water partition coefficient (Wildman–Crippen LogP) is 1.29. The fraction of sp³-hybridized carbons (Fsp3) is 0.286. The van der Waals surface area contributed by atoms with Crippen LogP contribution in [0.4, 0.5) is 5.69 Å². The average Bonchev–Trinajstić information content (AvgIpc) is 2.91. The first-order valence-corrected chi connectivity index (χ1v) is 6.46. The van der Waals surface area contributed by atoms with Crippen molar-refractivity contribution in [1.82, 2.24) is 14.9 Å². The molecule has 20 heavy (non-hydrogen) atoms. The topological polar surface area (TPSA) is 82.2 Å². The normalized spacial score (nSPS) is 10.2. The number of carbonyl (C=O) groups excluding carboxylic acids is 1. The monoisotopic (exact) mass is 274 g/mol. The van der Waals surface area contributed by atoms with Crippen LogP contribution in [0.5, 0.6) is 5.75 Å². The molecule has 2 aromatic rings. The Morgan fingerprint density at radius 3 is 3.00 bits per heavy atom. The zero-order valence-electron chi connectivity index (χ0n) is 11.4. The van der Waals surface area contributed by atoms with Crippen LogP contribution in [0.1, 0.15) is 17.3 Å². The van der Waals surface area contributed by atoms with Gasteiger partial charge in [-0.3, -0.25) is 4.79 Å². The predicted molar refractivity (Wildman–Crippen MR) is 76.6 cm³/mol. The number of hydrogen-bond acceptors (Lipinski definition) is 4. The van der Waals surface area contributed by atoms with Gasteiger partial charge in [0.05, 0.1) is 12.9 Å². The van der Waals surface area contributed by atoms with Crippen molar-refractivity contribution in [3.8, 4) is 5.75 Å².